The molecule has 1 aliphatic carbocycles. The van der Waals surface area contributed by atoms with E-state index in [2.05, 4.69) is 15.6 Å². The number of nitrogens with one attached hydrogen (secondary N) is 2. The molecule has 1 amide bonds. The van der Waals surface area contributed by atoms with Crippen molar-refractivity contribution in [1.29, 1.82) is 0 Å². The second-order valence-electron chi connectivity index (χ2n) is 8.13. The van der Waals surface area contributed by atoms with Crippen molar-refractivity contribution in [3.8, 4) is 0 Å². The lowest BCUT2D eigenvalue weighted by atomic mass is 9.90. The highest BCUT2D eigenvalue weighted by molar-refractivity contribution is 6.31. The van der Waals surface area contributed by atoms with Gasteiger partial charge < -0.3 is 15.5 Å². The summed E-state index contributed by atoms with van der Waals surface area (Å²) in [6, 6.07) is 16.2. The van der Waals surface area contributed by atoms with Gasteiger partial charge in [0.15, 0.2) is 0 Å². The molecule has 1 fully saturated rings. The first-order valence-electron chi connectivity index (χ1n) is 10.4. The van der Waals surface area contributed by atoms with Crippen LogP contribution in [0.5, 0.6) is 0 Å². The Hall–Kier alpha value is -2.79. The van der Waals surface area contributed by atoms with Crippen LogP contribution in [0.25, 0.3) is 10.9 Å². The number of hydrogen-bond donors (Lipinski definition) is 2. The number of anilines is 2. The summed E-state index contributed by atoms with van der Waals surface area (Å²) >= 11 is 6.09. The maximum absolute atomic E-state index is 12.7. The molecular formula is C24H27ClN4O. The summed E-state index contributed by atoms with van der Waals surface area (Å²) < 4.78 is 0. The molecular weight excluding hydrogens is 396 g/mol. The first-order valence-corrected chi connectivity index (χ1v) is 10.8. The number of carbonyl (C=O) groups excluding carboxylic acids is 1. The summed E-state index contributed by atoms with van der Waals surface area (Å²) in [5.74, 6) is 0.00659. The number of pyridine rings is 1. The highest BCUT2D eigenvalue weighted by Gasteiger charge is 2.23. The van der Waals surface area contributed by atoms with Crippen molar-refractivity contribution >= 4 is 39.8 Å². The van der Waals surface area contributed by atoms with Gasteiger partial charge in [0.25, 0.3) is 5.91 Å². The lowest BCUT2D eigenvalue weighted by molar-refractivity contribution is 0.0926. The average Bonchev–Trinajstić information content (AvgIpc) is 2.75. The summed E-state index contributed by atoms with van der Waals surface area (Å²) in [5.41, 5.74) is 3.72. The predicted molar refractivity (Wildman–Crippen MR) is 125 cm³/mol. The predicted octanol–water partition coefficient (Wildman–Crippen LogP) is 5.11. The van der Waals surface area contributed by atoms with E-state index >= 15 is 0 Å². The molecule has 1 aliphatic rings. The molecule has 4 rings (SSSR count). The Kier molecular flexibility index (Phi) is 6.09. The molecule has 30 heavy (non-hydrogen) atoms. The van der Waals surface area contributed by atoms with E-state index in [9.17, 15) is 4.79 Å². The molecule has 0 saturated heterocycles. The number of amides is 1. The van der Waals surface area contributed by atoms with E-state index in [1.54, 1.807) is 0 Å². The fourth-order valence-electron chi connectivity index (χ4n) is 4.04. The monoisotopic (exact) mass is 422 g/mol. The summed E-state index contributed by atoms with van der Waals surface area (Å²) in [4.78, 5) is 19.1. The average molecular weight is 423 g/mol. The van der Waals surface area contributed by atoms with Crippen molar-refractivity contribution < 1.29 is 4.79 Å². The number of hydrogen-bond acceptors (Lipinski definition) is 4. The Balaban J connectivity index is 1.34. The number of aromatic nitrogens is 1. The maximum atomic E-state index is 12.7. The molecule has 2 N–H and O–H groups in total. The molecule has 6 heteroatoms. The number of fused-ring (bicyclic) bond motifs is 1. The first-order chi connectivity index (χ1) is 14.5. The van der Waals surface area contributed by atoms with Gasteiger partial charge in [-0.3, -0.25) is 9.78 Å². The minimum atomic E-state index is 0.00659. The second kappa shape index (κ2) is 8.92. The van der Waals surface area contributed by atoms with Gasteiger partial charge in [-0.05, 0) is 68.1 Å². The van der Waals surface area contributed by atoms with E-state index in [-0.39, 0.29) is 11.9 Å². The molecule has 0 spiro atoms. The normalized spacial score (nSPS) is 18.8. The topological polar surface area (TPSA) is 57.3 Å². The Morgan fingerprint density at radius 1 is 1.03 bits per heavy atom. The zero-order valence-electron chi connectivity index (χ0n) is 17.4. The van der Waals surface area contributed by atoms with Crippen LogP contribution in [0.1, 0.15) is 36.0 Å². The Morgan fingerprint density at radius 2 is 1.80 bits per heavy atom. The van der Waals surface area contributed by atoms with Crippen LogP contribution in [0, 0.1) is 0 Å². The highest BCUT2D eigenvalue weighted by atomic mass is 35.5. The minimum absolute atomic E-state index is 0.00659. The molecule has 156 valence electrons. The van der Waals surface area contributed by atoms with Gasteiger partial charge in [-0.2, -0.15) is 0 Å². The third-order valence-corrected chi connectivity index (χ3v) is 5.99. The van der Waals surface area contributed by atoms with Crippen LogP contribution in [-0.2, 0) is 0 Å². The van der Waals surface area contributed by atoms with Crippen LogP contribution in [0.2, 0.25) is 5.02 Å². The van der Waals surface area contributed by atoms with Gasteiger partial charge in [0, 0.05) is 59.7 Å². The van der Waals surface area contributed by atoms with Crippen LogP contribution in [-0.4, -0.2) is 37.1 Å². The van der Waals surface area contributed by atoms with Crippen molar-refractivity contribution in [2.75, 3.05) is 24.3 Å². The quantitative estimate of drug-likeness (QED) is 0.600. The third-order valence-electron chi connectivity index (χ3n) is 5.75. The van der Waals surface area contributed by atoms with Gasteiger partial charge in [-0.1, -0.05) is 17.7 Å². The van der Waals surface area contributed by atoms with E-state index < -0.39 is 0 Å². The zero-order chi connectivity index (χ0) is 21.1. The number of carbonyl (C=O) groups is 1. The molecule has 1 saturated carbocycles. The lowest BCUT2D eigenvalue weighted by Crippen LogP contribution is -2.40. The lowest BCUT2D eigenvalue weighted by Gasteiger charge is -2.30. The van der Waals surface area contributed by atoms with E-state index in [1.165, 1.54) is 0 Å². The molecule has 1 heterocycles. The van der Waals surface area contributed by atoms with Crippen LogP contribution in [0.4, 0.5) is 11.4 Å². The van der Waals surface area contributed by atoms with E-state index in [1.807, 2.05) is 73.7 Å². The summed E-state index contributed by atoms with van der Waals surface area (Å²) in [6.45, 7) is 0. The third kappa shape index (κ3) is 4.68. The molecule has 1 aromatic heterocycles. The summed E-state index contributed by atoms with van der Waals surface area (Å²) in [5, 5.41) is 8.65. The molecule has 2 aromatic carbocycles. The van der Waals surface area contributed by atoms with Crippen molar-refractivity contribution in [2.24, 2.45) is 0 Å². The number of rotatable bonds is 5. The minimum Gasteiger partial charge on any atom is -0.382 e. The summed E-state index contributed by atoms with van der Waals surface area (Å²) in [6.07, 6.45) is 5.77. The smallest absolute Gasteiger partial charge is 0.251 e. The fraction of sp³-hybridized carbons (Fsp3) is 0.333. The van der Waals surface area contributed by atoms with Crippen LogP contribution in [0.3, 0.4) is 0 Å². The Bertz CT molecular complexity index is 1040. The Morgan fingerprint density at radius 3 is 2.57 bits per heavy atom. The molecule has 5 nitrogen and oxygen atoms in total. The molecule has 3 aromatic rings. The van der Waals surface area contributed by atoms with Crippen molar-refractivity contribution in [3.05, 3.63) is 65.3 Å². The molecule has 0 unspecified atom stereocenters. The van der Waals surface area contributed by atoms with Gasteiger partial charge in [0.2, 0.25) is 0 Å². The molecule has 0 radical (unpaired) electrons. The Labute approximate surface area is 182 Å². The van der Waals surface area contributed by atoms with Crippen molar-refractivity contribution in [1.82, 2.24) is 10.3 Å². The molecule has 0 atom stereocenters. The fourth-order valence-corrected chi connectivity index (χ4v) is 4.21. The summed E-state index contributed by atoms with van der Waals surface area (Å²) in [7, 11) is 3.96. The van der Waals surface area contributed by atoms with Gasteiger partial charge in [0.1, 0.15) is 0 Å². The number of nitrogens with zero attached hydrogens (tertiary/aromatic N) is 2. The molecule has 0 aliphatic heterocycles. The van der Waals surface area contributed by atoms with E-state index in [0.29, 0.717) is 16.6 Å². The van der Waals surface area contributed by atoms with Crippen LogP contribution in [0.15, 0.2) is 54.7 Å². The van der Waals surface area contributed by atoms with E-state index in [0.717, 1.165) is 48.0 Å². The zero-order valence-corrected chi connectivity index (χ0v) is 18.1. The number of benzene rings is 2. The van der Waals surface area contributed by atoms with Crippen LogP contribution >= 0.6 is 11.6 Å². The first kappa shape index (κ1) is 20.5. The second-order valence-corrected chi connectivity index (χ2v) is 8.57. The van der Waals surface area contributed by atoms with E-state index in [4.69, 9.17) is 11.6 Å². The van der Waals surface area contributed by atoms with Gasteiger partial charge >= 0.3 is 0 Å². The molecule has 0 bridgehead atoms. The maximum Gasteiger partial charge on any atom is 0.251 e. The van der Waals surface area contributed by atoms with Crippen molar-refractivity contribution in [3.63, 3.8) is 0 Å². The SMILES string of the molecule is CN(C)c1cccc(C(=O)N[C@H]2CC[C@@H](Nc3ccnc4cc(Cl)ccc34)CC2)c1. The van der Waals surface area contributed by atoms with Gasteiger partial charge in [-0.25, -0.2) is 0 Å². The largest absolute Gasteiger partial charge is 0.382 e. The van der Waals surface area contributed by atoms with Gasteiger partial charge in [-0.15, -0.1) is 0 Å². The standard InChI is InChI=1S/C24H27ClN4O/c1-29(2)20-5-3-4-16(14-20)24(30)28-19-9-7-18(8-10-19)27-22-12-13-26-23-15-17(25)6-11-21(22)23/h3-6,11-15,18-19H,7-10H2,1-2H3,(H,26,27)(H,28,30)/t18-,19+. The number of halogens is 1. The van der Waals surface area contributed by atoms with Crippen molar-refractivity contribution in [2.45, 2.75) is 37.8 Å². The van der Waals surface area contributed by atoms with Crippen LogP contribution < -0.4 is 15.5 Å². The highest BCUT2D eigenvalue weighted by Crippen LogP contribution is 2.28. The van der Waals surface area contributed by atoms with Gasteiger partial charge in [0.05, 0.1) is 5.52 Å².